The van der Waals surface area contributed by atoms with Crippen LogP contribution in [0.15, 0.2) is 18.2 Å². The van der Waals surface area contributed by atoms with Gasteiger partial charge in [-0.05, 0) is 43.9 Å². The summed E-state index contributed by atoms with van der Waals surface area (Å²) in [5.41, 5.74) is 0. The Morgan fingerprint density at radius 1 is 1.30 bits per heavy atom. The first-order chi connectivity index (χ1) is 9.54. The summed E-state index contributed by atoms with van der Waals surface area (Å²) in [6.07, 6.45) is 5.93. The molecule has 1 aliphatic carbocycles. The summed E-state index contributed by atoms with van der Waals surface area (Å²) in [5, 5.41) is 11.8. The third-order valence-corrected chi connectivity index (χ3v) is 4.61. The van der Waals surface area contributed by atoms with Crippen molar-refractivity contribution < 1.29 is 14.7 Å². The molecule has 2 rings (SSSR count). The van der Waals surface area contributed by atoms with E-state index >= 15 is 0 Å². The monoisotopic (exact) mass is 313 g/mol. The van der Waals surface area contributed by atoms with Crippen molar-refractivity contribution >= 4 is 40.9 Å². The highest BCUT2D eigenvalue weighted by Crippen LogP contribution is 2.25. The van der Waals surface area contributed by atoms with Gasteiger partial charge in [0, 0.05) is 17.0 Å². The van der Waals surface area contributed by atoms with Gasteiger partial charge in [0.1, 0.15) is 0 Å². The zero-order valence-electron chi connectivity index (χ0n) is 10.8. The van der Waals surface area contributed by atoms with E-state index in [1.165, 1.54) is 17.4 Å². The fraction of sp³-hybridized carbons (Fsp3) is 0.429. The van der Waals surface area contributed by atoms with Crippen LogP contribution in [0.4, 0.5) is 0 Å². The summed E-state index contributed by atoms with van der Waals surface area (Å²) in [4.78, 5) is 23.5. The molecule has 1 amide bonds. The van der Waals surface area contributed by atoms with Gasteiger partial charge in [-0.1, -0.05) is 11.6 Å². The zero-order valence-corrected chi connectivity index (χ0v) is 12.4. The first-order valence-corrected chi connectivity index (χ1v) is 7.71. The smallest absolute Gasteiger partial charge is 0.306 e. The average molecular weight is 314 g/mol. The minimum Gasteiger partial charge on any atom is -0.481 e. The number of carbonyl (C=O) groups excluding carboxylic acids is 1. The molecule has 1 aromatic rings. The van der Waals surface area contributed by atoms with Gasteiger partial charge in [-0.25, -0.2) is 0 Å². The molecule has 0 aromatic carbocycles. The van der Waals surface area contributed by atoms with Crippen molar-refractivity contribution in [3.63, 3.8) is 0 Å². The van der Waals surface area contributed by atoms with E-state index in [2.05, 4.69) is 5.32 Å². The summed E-state index contributed by atoms with van der Waals surface area (Å²) >= 11 is 7.22. The maximum absolute atomic E-state index is 11.8. The number of hydrogen-bond acceptors (Lipinski definition) is 3. The van der Waals surface area contributed by atoms with Crippen LogP contribution >= 0.6 is 22.9 Å². The SMILES string of the molecule is O=C(/C=C/c1ccc(Cl)s1)NC1CCC(C(=O)O)CC1. The average Bonchev–Trinajstić information content (AvgIpc) is 2.83. The second kappa shape index (κ2) is 6.90. The number of halogens is 1. The Hall–Kier alpha value is -1.33. The van der Waals surface area contributed by atoms with Crippen molar-refractivity contribution in [2.75, 3.05) is 0 Å². The Morgan fingerprint density at radius 2 is 2.00 bits per heavy atom. The van der Waals surface area contributed by atoms with Gasteiger partial charge in [-0.15, -0.1) is 11.3 Å². The van der Waals surface area contributed by atoms with Gasteiger partial charge in [-0.3, -0.25) is 9.59 Å². The molecule has 2 N–H and O–H groups in total. The third-order valence-electron chi connectivity index (χ3n) is 3.42. The summed E-state index contributed by atoms with van der Waals surface area (Å²) in [6.45, 7) is 0. The second-order valence-electron chi connectivity index (χ2n) is 4.87. The zero-order chi connectivity index (χ0) is 14.5. The summed E-state index contributed by atoms with van der Waals surface area (Å²) in [7, 11) is 0. The lowest BCUT2D eigenvalue weighted by molar-refractivity contribution is -0.142. The quantitative estimate of drug-likeness (QED) is 0.839. The minimum atomic E-state index is -0.732. The molecule has 1 aromatic heterocycles. The highest BCUT2D eigenvalue weighted by atomic mass is 35.5. The lowest BCUT2D eigenvalue weighted by Crippen LogP contribution is -2.37. The van der Waals surface area contributed by atoms with Crippen molar-refractivity contribution in [1.29, 1.82) is 0 Å². The Kier molecular flexibility index (Phi) is 5.20. The van der Waals surface area contributed by atoms with Crippen LogP contribution in [0.2, 0.25) is 4.34 Å². The van der Waals surface area contributed by atoms with Crippen molar-refractivity contribution in [1.82, 2.24) is 5.32 Å². The van der Waals surface area contributed by atoms with Crippen LogP contribution in [0.25, 0.3) is 6.08 Å². The van der Waals surface area contributed by atoms with Crippen LogP contribution in [0.3, 0.4) is 0 Å². The lowest BCUT2D eigenvalue weighted by Gasteiger charge is -2.26. The molecule has 0 saturated heterocycles. The largest absolute Gasteiger partial charge is 0.481 e. The Morgan fingerprint density at radius 3 is 2.55 bits per heavy atom. The topological polar surface area (TPSA) is 66.4 Å². The highest BCUT2D eigenvalue weighted by molar-refractivity contribution is 7.17. The summed E-state index contributed by atoms with van der Waals surface area (Å²) in [5.74, 6) is -1.13. The molecule has 4 nitrogen and oxygen atoms in total. The van der Waals surface area contributed by atoms with Gasteiger partial charge in [-0.2, -0.15) is 0 Å². The first kappa shape index (κ1) is 15.1. The molecule has 0 aliphatic heterocycles. The van der Waals surface area contributed by atoms with E-state index in [-0.39, 0.29) is 17.9 Å². The molecule has 0 atom stereocenters. The van der Waals surface area contributed by atoms with E-state index in [9.17, 15) is 9.59 Å². The first-order valence-electron chi connectivity index (χ1n) is 6.51. The number of hydrogen-bond donors (Lipinski definition) is 2. The van der Waals surface area contributed by atoms with Gasteiger partial charge < -0.3 is 10.4 Å². The molecule has 0 radical (unpaired) electrons. The number of carboxylic acid groups (broad SMARTS) is 1. The minimum absolute atomic E-state index is 0.0784. The van der Waals surface area contributed by atoms with Gasteiger partial charge in [0.25, 0.3) is 0 Å². The van der Waals surface area contributed by atoms with Crippen LogP contribution in [0.1, 0.15) is 30.6 Å². The van der Waals surface area contributed by atoms with Crippen molar-refractivity contribution in [2.24, 2.45) is 5.92 Å². The third kappa shape index (κ3) is 4.35. The standard InChI is InChI=1S/C14H16ClNO3S/c15-12-7-5-11(20-12)6-8-13(17)16-10-3-1-9(2-4-10)14(18)19/h5-10H,1-4H2,(H,16,17)(H,18,19)/b8-6+. The number of carboxylic acids is 1. The van der Waals surface area contributed by atoms with Crippen LogP contribution in [-0.2, 0) is 9.59 Å². The predicted molar refractivity (Wildman–Crippen MR) is 79.9 cm³/mol. The molecule has 1 heterocycles. The number of thiophene rings is 1. The van der Waals surface area contributed by atoms with E-state index in [1.807, 2.05) is 6.07 Å². The molecular weight excluding hydrogens is 298 g/mol. The van der Waals surface area contributed by atoms with E-state index in [0.29, 0.717) is 17.2 Å². The van der Waals surface area contributed by atoms with Gasteiger partial charge in [0.05, 0.1) is 10.3 Å². The van der Waals surface area contributed by atoms with Gasteiger partial charge in [0.15, 0.2) is 0 Å². The highest BCUT2D eigenvalue weighted by Gasteiger charge is 2.26. The number of amides is 1. The molecular formula is C14H16ClNO3S. The molecule has 0 spiro atoms. The Bertz CT molecular complexity index is 518. The van der Waals surface area contributed by atoms with E-state index in [1.54, 1.807) is 12.1 Å². The number of aliphatic carboxylic acids is 1. The fourth-order valence-electron chi connectivity index (χ4n) is 2.31. The van der Waals surface area contributed by atoms with Crippen LogP contribution in [0, 0.1) is 5.92 Å². The fourth-order valence-corrected chi connectivity index (χ4v) is 3.27. The molecule has 1 aliphatic rings. The van der Waals surface area contributed by atoms with Crippen LogP contribution in [-0.4, -0.2) is 23.0 Å². The molecule has 108 valence electrons. The van der Waals surface area contributed by atoms with Gasteiger partial charge >= 0.3 is 5.97 Å². The number of rotatable bonds is 4. The summed E-state index contributed by atoms with van der Waals surface area (Å²) < 4.78 is 0.692. The molecule has 0 bridgehead atoms. The number of nitrogens with one attached hydrogen (secondary N) is 1. The summed E-state index contributed by atoms with van der Waals surface area (Å²) in [6, 6.07) is 3.72. The van der Waals surface area contributed by atoms with E-state index < -0.39 is 5.97 Å². The van der Waals surface area contributed by atoms with Crippen molar-refractivity contribution in [3.05, 3.63) is 27.4 Å². The Labute approximate surface area is 126 Å². The predicted octanol–water partition coefficient (Wildman–Crippen LogP) is 3.17. The molecule has 6 heteroatoms. The molecule has 1 saturated carbocycles. The normalized spacial score (nSPS) is 22.9. The molecule has 0 unspecified atom stereocenters. The van der Waals surface area contributed by atoms with Crippen molar-refractivity contribution in [3.8, 4) is 0 Å². The molecule has 1 fully saturated rings. The van der Waals surface area contributed by atoms with Gasteiger partial charge in [0.2, 0.25) is 5.91 Å². The van der Waals surface area contributed by atoms with Crippen molar-refractivity contribution in [2.45, 2.75) is 31.7 Å². The van der Waals surface area contributed by atoms with E-state index in [0.717, 1.165) is 17.7 Å². The number of carbonyl (C=O) groups is 2. The molecule has 20 heavy (non-hydrogen) atoms. The lowest BCUT2D eigenvalue weighted by atomic mass is 9.86. The maximum Gasteiger partial charge on any atom is 0.306 e. The van der Waals surface area contributed by atoms with Crippen LogP contribution in [0.5, 0.6) is 0 Å². The Balaban J connectivity index is 1.78. The second-order valence-corrected chi connectivity index (χ2v) is 6.62. The maximum atomic E-state index is 11.8. The van der Waals surface area contributed by atoms with Crippen LogP contribution < -0.4 is 5.32 Å². The van der Waals surface area contributed by atoms with E-state index in [4.69, 9.17) is 16.7 Å².